The van der Waals surface area contributed by atoms with Gasteiger partial charge in [-0.2, -0.15) is 0 Å². The summed E-state index contributed by atoms with van der Waals surface area (Å²) in [7, 11) is 1.06. The molecule has 0 spiro atoms. The molecule has 0 aliphatic carbocycles. The lowest BCUT2D eigenvalue weighted by atomic mass is 10.1. The van der Waals surface area contributed by atoms with Crippen LogP contribution in [0.5, 0.6) is 5.75 Å². The second-order valence-electron chi connectivity index (χ2n) is 3.43. The van der Waals surface area contributed by atoms with Crippen molar-refractivity contribution in [1.82, 2.24) is 0 Å². The van der Waals surface area contributed by atoms with E-state index in [9.17, 15) is 22.8 Å². The van der Waals surface area contributed by atoms with Crippen molar-refractivity contribution in [2.45, 2.75) is 13.3 Å². The summed E-state index contributed by atoms with van der Waals surface area (Å²) in [5.41, 5.74) is -0.233. The fourth-order valence-electron chi connectivity index (χ4n) is 1.21. The number of Topliss-reactive ketones (excluding diaryl/α,β-unsaturated/α-hetero) is 1. The Morgan fingerprint density at radius 1 is 1.26 bits per heavy atom. The number of rotatable bonds is 3. The fraction of sp³-hybridized carbons (Fsp3) is 0.273. The van der Waals surface area contributed by atoms with E-state index in [4.69, 9.17) is 0 Å². The molecule has 0 heterocycles. The molecule has 8 heteroatoms. The number of carbonyl (C=O) groups excluding carboxylic acids is 2. The molecule has 0 unspecified atom stereocenters. The number of amides is 1. The largest absolute Gasteiger partial charge is 0.573 e. The van der Waals surface area contributed by atoms with E-state index in [0.29, 0.717) is 0 Å². The Labute approximate surface area is 106 Å². The van der Waals surface area contributed by atoms with Crippen molar-refractivity contribution in [3.63, 3.8) is 0 Å². The number of hydrogen-bond acceptors (Lipinski definition) is 4. The van der Waals surface area contributed by atoms with Gasteiger partial charge in [-0.25, -0.2) is 4.79 Å². The van der Waals surface area contributed by atoms with E-state index in [1.54, 1.807) is 0 Å². The molecule has 0 saturated heterocycles. The smallest absolute Gasteiger partial charge is 0.453 e. The molecular weight excluding hydrogens is 267 g/mol. The summed E-state index contributed by atoms with van der Waals surface area (Å²) in [6.45, 7) is 1.19. The Morgan fingerprint density at radius 2 is 1.89 bits per heavy atom. The molecule has 104 valence electrons. The Balaban J connectivity index is 3.14. The van der Waals surface area contributed by atoms with Gasteiger partial charge in [0, 0.05) is 5.56 Å². The summed E-state index contributed by atoms with van der Waals surface area (Å²) in [6, 6.07) is 3.27. The maximum absolute atomic E-state index is 12.2. The highest BCUT2D eigenvalue weighted by molar-refractivity contribution is 5.96. The maximum atomic E-state index is 12.2. The minimum Gasteiger partial charge on any atom is -0.453 e. The van der Waals surface area contributed by atoms with E-state index in [1.807, 2.05) is 0 Å². The summed E-state index contributed by atoms with van der Waals surface area (Å²) < 4.78 is 44.7. The van der Waals surface area contributed by atoms with Gasteiger partial charge in [-0.1, -0.05) is 0 Å². The third-order valence-corrected chi connectivity index (χ3v) is 2.04. The van der Waals surface area contributed by atoms with E-state index in [0.717, 1.165) is 19.2 Å². The van der Waals surface area contributed by atoms with Crippen LogP contribution < -0.4 is 10.1 Å². The van der Waals surface area contributed by atoms with Crippen LogP contribution in [0.1, 0.15) is 17.3 Å². The first-order valence-electron chi connectivity index (χ1n) is 4.98. The fourth-order valence-corrected chi connectivity index (χ4v) is 1.21. The highest BCUT2D eigenvalue weighted by Gasteiger charge is 2.32. The predicted molar refractivity (Wildman–Crippen MR) is 59.2 cm³/mol. The molecule has 1 amide bonds. The first-order chi connectivity index (χ1) is 8.73. The number of ketones is 1. The number of nitrogens with one attached hydrogen (secondary N) is 1. The van der Waals surface area contributed by atoms with Gasteiger partial charge in [0.1, 0.15) is 0 Å². The molecule has 0 bridgehead atoms. The molecule has 0 atom stereocenters. The zero-order chi connectivity index (χ0) is 14.6. The third-order valence-electron chi connectivity index (χ3n) is 2.04. The molecule has 0 fully saturated rings. The molecule has 0 radical (unpaired) electrons. The van der Waals surface area contributed by atoms with Crippen molar-refractivity contribution in [2.24, 2.45) is 0 Å². The summed E-state index contributed by atoms with van der Waals surface area (Å²) in [4.78, 5) is 22.1. The molecule has 1 N–H and O–H groups in total. The van der Waals surface area contributed by atoms with E-state index in [1.165, 1.54) is 13.0 Å². The van der Waals surface area contributed by atoms with Crippen LogP contribution in [-0.2, 0) is 4.74 Å². The van der Waals surface area contributed by atoms with Crippen LogP contribution in [0.2, 0.25) is 0 Å². The van der Waals surface area contributed by atoms with Gasteiger partial charge in [-0.15, -0.1) is 13.2 Å². The van der Waals surface area contributed by atoms with Gasteiger partial charge >= 0.3 is 12.5 Å². The van der Waals surface area contributed by atoms with Crippen molar-refractivity contribution in [3.05, 3.63) is 23.8 Å². The van der Waals surface area contributed by atoms with E-state index in [-0.39, 0.29) is 11.3 Å². The van der Waals surface area contributed by atoms with Gasteiger partial charge in [-0.05, 0) is 25.1 Å². The highest BCUT2D eigenvalue weighted by Crippen LogP contribution is 2.31. The van der Waals surface area contributed by atoms with Gasteiger partial charge in [-0.3, -0.25) is 10.1 Å². The molecule has 19 heavy (non-hydrogen) atoms. The van der Waals surface area contributed by atoms with Crippen molar-refractivity contribution < 1.29 is 32.2 Å². The van der Waals surface area contributed by atoms with Crippen molar-refractivity contribution in [2.75, 3.05) is 12.4 Å². The SMILES string of the molecule is COC(=O)Nc1ccc(C(C)=O)cc1OC(F)(F)F. The Hall–Kier alpha value is -2.25. The number of alkyl halides is 3. The van der Waals surface area contributed by atoms with Crippen LogP contribution in [0.25, 0.3) is 0 Å². The number of methoxy groups -OCH3 is 1. The van der Waals surface area contributed by atoms with Gasteiger partial charge < -0.3 is 9.47 Å². The summed E-state index contributed by atoms with van der Waals surface area (Å²) in [5, 5.41) is 2.05. The van der Waals surface area contributed by atoms with E-state index in [2.05, 4.69) is 14.8 Å². The van der Waals surface area contributed by atoms with Gasteiger partial charge in [0.25, 0.3) is 0 Å². The zero-order valence-corrected chi connectivity index (χ0v) is 10.00. The van der Waals surface area contributed by atoms with Crippen LogP contribution in [-0.4, -0.2) is 25.3 Å². The minimum absolute atomic E-state index is 0.0228. The predicted octanol–water partition coefficient (Wildman–Crippen LogP) is 2.97. The lowest BCUT2D eigenvalue weighted by Gasteiger charge is -2.14. The number of anilines is 1. The average molecular weight is 277 g/mol. The third kappa shape index (κ3) is 4.49. The molecule has 0 aromatic heterocycles. The normalized spacial score (nSPS) is 10.8. The van der Waals surface area contributed by atoms with Crippen LogP contribution >= 0.6 is 0 Å². The van der Waals surface area contributed by atoms with Gasteiger partial charge in [0.15, 0.2) is 11.5 Å². The quantitative estimate of drug-likeness (QED) is 0.863. The minimum atomic E-state index is -4.94. The lowest BCUT2D eigenvalue weighted by Crippen LogP contribution is -2.20. The Kier molecular flexibility index (Phi) is 4.36. The molecule has 1 aromatic rings. The summed E-state index contributed by atoms with van der Waals surface area (Å²) >= 11 is 0. The highest BCUT2D eigenvalue weighted by atomic mass is 19.4. The van der Waals surface area contributed by atoms with Crippen molar-refractivity contribution in [3.8, 4) is 5.75 Å². The Bertz CT molecular complexity index is 499. The van der Waals surface area contributed by atoms with Crippen molar-refractivity contribution >= 4 is 17.6 Å². The molecule has 0 aliphatic heterocycles. The van der Waals surface area contributed by atoms with Crippen LogP contribution in [0.15, 0.2) is 18.2 Å². The molecule has 0 saturated carbocycles. The first-order valence-corrected chi connectivity index (χ1v) is 4.98. The van der Waals surface area contributed by atoms with Crippen molar-refractivity contribution in [1.29, 1.82) is 0 Å². The second-order valence-corrected chi connectivity index (χ2v) is 3.43. The Morgan fingerprint density at radius 3 is 2.37 bits per heavy atom. The monoisotopic (exact) mass is 277 g/mol. The number of hydrogen-bond donors (Lipinski definition) is 1. The number of halogens is 3. The summed E-state index contributed by atoms with van der Waals surface area (Å²) in [5.74, 6) is -1.12. The maximum Gasteiger partial charge on any atom is 0.573 e. The molecule has 1 rings (SSSR count). The van der Waals surface area contributed by atoms with Crippen LogP contribution in [0, 0.1) is 0 Å². The second kappa shape index (κ2) is 5.59. The number of benzene rings is 1. The number of ether oxygens (including phenoxy) is 2. The molecule has 5 nitrogen and oxygen atoms in total. The van der Waals surface area contributed by atoms with E-state index >= 15 is 0 Å². The average Bonchev–Trinajstić information content (AvgIpc) is 2.29. The lowest BCUT2D eigenvalue weighted by molar-refractivity contribution is -0.274. The topological polar surface area (TPSA) is 64.6 Å². The molecule has 1 aromatic carbocycles. The molecule has 0 aliphatic rings. The zero-order valence-electron chi connectivity index (χ0n) is 10.00. The summed E-state index contributed by atoms with van der Waals surface area (Å²) in [6.07, 6.45) is -5.90. The number of carbonyl (C=O) groups is 2. The van der Waals surface area contributed by atoms with E-state index < -0.39 is 24.0 Å². The van der Waals surface area contributed by atoms with Crippen LogP contribution in [0.4, 0.5) is 23.7 Å². The first kappa shape index (κ1) is 14.8. The standard InChI is InChI=1S/C11H10F3NO4/c1-6(16)7-3-4-8(15-10(17)18-2)9(5-7)19-11(12,13)14/h3-5H,1-2H3,(H,15,17). The van der Waals surface area contributed by atoms with Crippen LogP contribution in [0.3, 0.4) is 0 Å². The van der Waals surface area contributed by atoms with Gasteiger partial charge in [0.2, 0.25) is 0 Å². The molecular formula is C11H10F3NO4. The van der Waals surface area contributed by atoms with Gasteiger partial charge in [0.05, 0.1) is 12.8 Å².